The van der Waals surface area contributed by atoms with Gasteiger partial charge in [0.2, 0.25) is 0 Å². The van der Waals surface area contributed by atoms with Crippen LogP contribution in [0.4, 0.5) is 4.39 Å². The molecule has 0 N–H and O–H groups in total. The van der Waals surface area contributed by atoms with Crippen LogP contribution in [0.1, 0.15) is 53.0 Å². The highest BCUT2D eigenvalue weighted by Gasteiger charge is 2.38. The predicted molar refractivity (Wildman–Crippen MR) is 107 cm³/mol. The van der Waals surface area contributed by atoms with Gasteiger partial charge in [-0.25, -0.2) is 12.8 Å². The number of furan rings is 1. The van der Waals surface area contributed by atoms with Crippen LogP contribution in [0.3, 0.4) is 0 Å². The quantitative estimate of drug-likeness (QED) is 0.557. The number of Topliss-reactive ketones (excluding diaryl/α,β-unsaturated/α-hetero) is 1. The summed E-state index contributed by atoms with van der Waals surface area (Å²) in [5.74, 6) is 0.173. The Kier molecular flexibility index (Phi) is 4.69. The predicted octanol–water partition coefficient (Wildman–Crippen LogP) is 5.14. The second-order valence-corrected chi connectivity index (χ2v) is 10.2. The third-order valence-corrected chi connectivity index (χ3v) is 7.27. The van der Waals surface area contributed by atoms with E-state index in [1.807, 2.05) is 13.8 Å². The molecular weight excluding hydrogens is 391 g/mol. The number of fused-ring (bicyclic) bond motifs is 1. The lowest BCUT2D eigenvalue weighted by molar-refractivity contribution is 0.0903. The van der Waals surface area contributed by atoms with Crippen LogP contribution in [-0.4, -0.2) is 14.2 Å². The maximum atomic E-state index is 13.5. The van der Waals surface area contributed by atoms with Crippen LogP contribution in [-0.2, 0) is 16.3 Å². The van der Waals surface area contributed by atoms with Gasteiger partial charge in [-0.1, -0.05) is 44.2 Å². The minimum absolute atomic E-state index is 0.00576. The topological polar surface area (TPSA) is 64.3 Å². The molecule has 1 heterocycles. The fourth-order valence-corrected chi connectivity index (χ4v) is 5.58. The van der Waals surface area contributed by atoms with Crippen molar-refractivity contribution in [2.24, 2.45) is 5.41 Å². The summed E-state index contributed by atoms with van der Waals surface area (Å²) in [6, 6.07) is 15.0. The molecule has 1 aliphatic carbocycles. The largest absolute Gasteiger partial charge is 0.464 e. The molecule has 0 bridgehead atoms. The molecule has 1 atom stereocenters. The first kappa shape index (κ1) is 19.6. The Balaban J connectivity index is 1.88. The summed E-state index contributed by atoms with van der Waals surface area (Å²) in [6.45, 7) is 3.97. The van der Waals surface area contributed by atoms with Crippen molar-refractivity contribution in [3.05, 3.63) is 89.1 Å². The zero-order chi connectivity index (χ0) is 20.8. The first-order valence-corrected chi connectivity index (χ1v) is 10.9. The van der Waals surface area contributed by atoms with Crippen molar-refractivity contribution >= 4 is 15.6 Å². The van der Waals surface area contributed by atoms with Crippen molar-refractivity contribution in [3.63, 3.8) is 0 Å². The summed E-state index contributed by atoms with van der Waals surface area (Å²) in [4.78, 5) is 12.6. The Morgan fingerprint density at radius 1 is 1.00 bits per heavy atom. The maximum absolute atomic E-state index is 13.5. The number of hydrogen-bond donors (Lipinski definition) is 0. The molecule has 1 unspecified atom stereocenters. The van der Waals surface area contributed by atoms with E-state index in [0.717, 1.165) is 12.1 Å². The summed E-state index contributed by atoms with van der Waals surface area (Å²) in [5, 5.41) is -1.13. The van der Waals surface area contributed by atoms with Gasteiger partial charge in [-0.3, -0.25) is 4.79 Å². The minimum Gasteiger partial charge on any atom is -0.464 e. The van der Waals surface area contributed by atoms with Gasteiger partial charge in [0, 0.05) is 12.8 Å². The number of carbonyl (C=O) groups is 1. The number of rotatable bonds is 4. The van der Waals surface area contributed by atoms with E-state index < -0.39 is 20.9 Å². The van der Waals surface area contributed by atoms with Crippen molar-refractivity contribution in [3.8, 4) is 0 Å². The van der Waals surface area contributed by atoms with E-state index in [0.29, 0.717) is 29.7 Å². The standard InChI is InChI=1S/C23H21FO4S/c1-23(2)13-19(25)18-12-20(28-21(18)14-23)22(15-6-4-3-5-7-15)29(26,27)17-10-8-16(24)9-11-17/h3-12,22H,13-14H2,1-2H3. The highest BCUT2D eigenvalue weighted by atomic mass is 32.2. The van der Waals surface area contributed by atoms with Gasteiger partial charge in [-0.2, -0.15) is 0 Å². The minimum atomic E-state index is -3.94. The number of hydrogen-bond acceptors (Lipinski definition) is 4. The Morgan fingerprint density at radius 2 is 1.66 bits per heavy atom. The van der Waals surface area contributed by atoms with Crippen LogP contribution in [0.25, 0.3) is 0 Å². The van der Waals surface area contributed by atoms with E-state index in [4.69, 9.17) is 4.42 Å². The van der Waals surface area contributed by atoms with E-state index in [1.165, 1.54) is 12.1 Å². The lowest BCUT2D eigenvalue weighted by Crippen LogP contribution is -2.25. The highest BCUT2D eigenvalue weighted by Crippen LogP contribution is 2.41. The zero-order valence-electron chi connectivity index (χ0n) is 16.2. The SMILES string of the molecule is CC1(C)CC(=O)c2cc(C(c3ccccc3)S(=O)(=O)c3ccc(F)cc3)oc2C1. The number of ketones is 1. The third-order valence-electron chi connectivity index (χ3n) is 5.22. The molecule has 0 saturated carbocycles. The van der Waals surface area contributed by atoms with E-state index in [9.17, 15) is 17.6 Å². The van der Waals surface area contributed by atoms with Crippen molar-refractivity contribution < 1.29 is 22.0 Å². The van der Waals surface area contributed by atoms with Gasteiger partial charge in [0.05, 0.1) is 10.5 Å². The Labute approximate surface area is 169 Å². The molecule has 0 saturated heterocycles. The number of carbonyl (C=O) groups excluding carboxylic acids is 1. The summed E-state index contributed by atoms with van der Waals surface area (Å²) < 4.78 is 46.3. The monoisotopic (exact) mass is 412 g/mol. The Hall–Kier alpha value is -2.73. The molecule has 0 spiro atoms. The first-order valence-electron chi connectivity index (χ1n) is 9.38. The van der Waals surface area contributed by atoms with Crippen LogP contribution in [0, 0.1) is 11.2 Å². The molecule has 0 amide bonds. The fourth-order valence-electron chi connectivity index (χ4n) is 3.86. The van der Waals surface area contributed by atoms with E-state index in [-0.39, 0.29) is 21.9 Å². The van der Waals surface area contributed by atoms with Crippen LogP contribution in [0.15, 0.2) is 70.0 Å². The van der Waals surface area contributed by atoms with Gasteiger partial charge in [-0.15, -0.1) is 0 Å². The van der Waals surface area contributed by atoms with Gasteiger partial charge >= 0.3 is 0 Å². The van der Waals surface area contributed by atoms with Gasteiger partial charge in [0.15, 0.2) is 15.6 Å². The maximum Gasteiger partial charge on any atom is 0.192 e. The second kappa shape index (κ2) is 6.95. The van der Waals surface area contributed by atoms with Crippen molar-refractivity contribution in [1.82, 2.24) is 0 Å². The summed E-state index contributed by atoms with van der Waals surface area (Å²) in [6.07, 6.45) is 0.950. The van der Waals surface area contributed by atoms with Crippen LogP contribution in [0.5, 0.6) is 0 Å². The van der Waals surface area contributed by atoms with Crippen molar-refractivity contribution in [2.45, 2.75) is 36.8 Å². The molecule has 150 valence electrons. The number of benzene rings is 2. The summed E-state index contributed by atoms with van der Waals surface area (Å²) >= 11 is 0. The molecule has 29 heavy (non-hydrogen) atoms. The molecule has 4 nitrogen and oxygen atoms in total. The average Bonchev–Trinajstić information content (AvgIpc) is 3.05. The molecule has 1 aliphatic rings. The van der Waals surface area contributed by atoms with Gasteiger partial charge in [0.1, 0.15) is 22.6 Å². The molecule has 1 aromatic heterocycles. The van der Waals surface area contributed by atoms with Crippen LogP contribution in [0.2, 0.25) is 0 Å². The van der Waals surface area contributed by atoms with E-state index >= 15 is 0 Å². The molecule has 0 fully saturated rings. The highest BCUT2D eigenvalue weighted by molar-refractivity contribution is 7.91. The van der Waals surface area contributed by atoms with Gasteiger partial charge < -0.3 is 4.42 Å². The smallest absolute Gasteiger partial charge is 0.192 e. The second-order valence-electron chi connectivity index (χ2n) is 8.22. The molecule has 0 aliphatic heterocycles. The Morgan fingerprint density at radius 3 is 2.31 bits per heavy atom. The lowest BCUT2D eigenvalue weighted by Gasteiger charge is -2.26. The molecule has 3 aromatic rings. The zero-order valence-corrected chi connectivity index (χ0v) is 17.0. The third kappa shape index (κ3) is 3.65. The molecule has 6 heteroatoms. The van der Waals surface area contributed by atoms with Crippen LogP contribution < -0.4 is 0 Å². The molecule has 0 radical (unpaired) electrons. The summed E-state index contributed by atoms with van der Waals surface area (Å²) in [7, 11) is -3.94. The molecule has 2 aromatic carbocycles. The Bertz CT molecular complexity index is 1160. The fraction of sp³-hybridized carbons (Fsp3) is 0.261. The molecular formula is C23H21FO4S. The summed E-state index contributed by atoms with van der Waals surface area (Å²) in [5.41, 5.74) is 0.737. The van der Waals surface area contributed by atoms with Crippen molar-refractivity contribution in [1.29, 1.82) is 0 Å². The number of halogens is 1. The van der Waals surface area contributed by atoms with E-state index in [1.54, 1.807) is 36.4 Å². The molecule has 4 rings (SSSR count). The van der Waals surface area contributed by atoms with Gasteiger partial charge in [0.25, 0.3) is 0 Å². The van der Waals surface area contributed by atoms with E-state index in [2.05, 4.69) is 0 Å². The average molecular weight is 412 g/mol. The number of sulfone groups is 1. The normalized spacial score (nSPS) is 17.0. The first-order chi connectivity index (χ1) is 13.7. The van der Waals surface area contributed by atoms with Crippen LogP contribution >= 0.6 is 0 Å². The van der Waals surface area contributed by atoms with Crippen molar-refractivity contribution in [2.75, 3.05) is 0 Å². The van der Waals surface area contributed by atoms with Gasteiger partial charge in [-0.05, 0) is 41.3 Å². The lowest BCUT2D eigenvalue weighted by atomic mass is 9.77.